The second kappa shape index (κ2) is 8.50. The Bertz CT molecular complexity index is 1200. The molecule has 0 atom stereocenters. The van der Waals surface area contributed by atoms with Gasteiger partial charge in [0.15, 0.2) is 5.75 Å². The van der Waals surface area contributed by atoms with Gasteiger partial charge in [-0.2, -0.15) is 0 Å². The fourth-order valence-corrected chi connectivity index (χ4v) is 3.86. The van der Waals surface area contributed by atoms with Crippen LogP contribution in [0.4, 0.5) is 0 Å². The Balaban J connectivity index is 1.84. The monoisotopic (exact) mass is 394 g/mol. The lowest BCUT2D eigenvalue weighted by Gasteiger charge is -2.16. The second-order valence-corrected chi connectivity index (χ2v) is 7.51. The normalized spacial score (nSPS) is 13.6. The van der Waals surface area contributed by atoms with E-state index in [0.717, 1.165) is 51.9 Å². The Morgan fingerprint density at radius 3 is 2.63 bits per heavy atom. The predicted octanol–water partition coefficient (Wildman–Crippen LogP) is 6.66. The highest BCUT2D eigenvalue weighted by atomic mass is 16.5. The lowest BCUT2D eigenvalue weighted by Crippen LogP contribution is -2.00. The summed E-state index contributed by atoms with van der Waals surface area (Å²) in [5.74, 6) is 0.739. The Morgan fingerprint density at radius 1 is 1.13 bits per heavy atom. The molecule has 1 aliphatic carbocycles. The molecule has 0 saturated carbocycles. The number of aryl methyl sites for hydroxylation is 1. The molecule has 1 aromatic carbocycles. The number of benzene rings is 1. The summed E-state index contributed by atoms with van der Waals surface area (Å²) in [7, 11) is 1.69. The van der Waals surface area contributed by atoms with Gasteiger partial charge in [-0.3, -0.25) is 4.98 Å². The number of aromatic nitrogens is 2. The fourth-order valence-electron chi connectivity index (χ4n) is 3.86. The number of ether oxygens (including phenoxy) is 1. The van der Waals surface area contributed by atoms with Crippen LogP contribution in [0.25, 0.3) is 27.6 Å². The van der Waals surface area contributed by atoms with Crippen LogP contribution in [0.1, 0.15) is 42.7 Å². The number of fused-ring (bicyclic) bond motifs is 1. The first-order valence-electron chi connectivity index (χ1n) is 10.3. The first kappa shape index (κ1) is 19.8. The van der Waals surface area contributed by atoms with E-state index in [1.165, 1.54) is 16.7 Å². The molecule has 150 valence electrons. The molecule has 3 aromatic rings. The van der Waals surface area contributed by atoms with Crippen molar-refractivity contribution in [2.75, 3.05) is 7.11 Å². The van der Waals surface area contributed by atoms with Gasteiger partial charge in [0.1, 0.15) is 5.69 Å². The lowest BCUT2D eigenvalue weighted by molar-refractivity contribution is 0.411. The third kappa shape index (κ3) is 3.71. The molecule has 4 rings (SSSR count). The number of allylic oxidation sites excluding steroid dienone is 7. The summed E-state index contributed by atoms with van der Waals surface area (Å²) in [5.41, 5.74) is 8.51. The SMILES string of the molecule is C=C(C)c1c(OC)c(C2=CC=C(c3ccc(CC)cc3)CC=C2)nc2ccncc12. The maximum absolute atomic E-state index is 5.83. The molecule has 3 heteroatoms. The van der Waals surface area contributed by atoms with E-state index in [9.17, 15) is 0 Å². The minimum atomic E-state index is 0.739. The topological polar surface area (TPSA) is 35.0 Å². The number of rotatable bonds is 5. The molecule has 0 radical (unpaired) electrons. The molecule has 0 spiro atoms. The van der Waals surface area contributed by atoms with E-state index >= 15 is 0 Å². The van der Waals surface area contributed by atoms with Crippen molar-refractivity contribution < 1.29 is 4.74 Å². The van der Waals surface area contributed by atoms with Crippen LogP contribution in [-0.2, 0) is 6.42 Å². The summed E-state index contributed by atoms with van der Waals surface area (Å²) >= 11 is 0. The van der Waals surface area contributed by atoms with Gasteiger partial charge in [0, 0.05) is 28.9 Å². The van der Waals surface area contributed by atoms with Crippen LogP contribution < -0.4 is 4.74 Å². The van der Waals surface area contributed by atoms with Crippen molar-refractivity contribution in [2.45, 2.75) is 26.7 Å². The number of nitrogens with zero attached hydrogens (tertiary/aromatic N) is 2. The van der Waals surface area contributed by atoms with Crippen LogP contribution in [0.2, 0.25) is 0 Å². The van der Waals surface area contributed by atoms with Crippen LogP contribution in [0.5, 0.6) is 5.75 Å². The first-order chi connectivity index (χ1) is 14.6. The van der Waals surface area contributed by atoms with Gasteiger partial charge in [0.25, 0.3) is 0 Å². The molecule has 0 fully saturated rings. The highest BCUT2D eigenvalue weighted by Crippen LogP contribution is 2.38. The van der Waals surface area contributed by atoms with Gasteiger partial charge in [-0.05, 0) is 48.1 Å². The van der Waals surface area contributed by atoms with Gasteiger partial charge >= 0.3 is 0 Å². The maximum Gasteiger partial charge on any atom is 0.153 e. The summed E-state index contributed by atoms with van der Waals surface area (Å²) in [4.78, 5) is 9.19. The van der Waals surface area contributed by atoms with Gasteiger partial charge in [-0.25, -0.2) is 4.98 Å². The van der Waals surface area contributed by atoms with E-state index < -0.39 is 0 Å². The molecule has 0 unspecified atom stereocenters. The van der Waals surface area contributed by atoms with Crippen LogP contribution in [-0.4, -0.2) is 17.1 Å². The molecular weight excluding hydrogens is 368 g/mol. The highest BCUT2D eigenvalue weighted by Gasteiger charge is 2.19. The second-order valence-electron chi connectivity index (χ2n) is 7.51. The summed E-state index contributed by atoms with van der Waals surface area (Å²) in [5, 5.41) is 0.955. The molecule has 2 aromatic heterocycles. The molecule has 0 aliphatic heterocycles. The smallest absolute Gasteiger partial charge is 0.153 e. The van der Waals surface area contributed by atoms with E-state index in [1.807, 2.05) is 19.2 Å². The minimum Gasteiger partial charge on any atom is -0.494 e. The first-order valence-corrected chi connectivity index (χ1v) is 10.3. The van der Waals surface area contributed by atoms with Gasteiger partial charge < -0.3 is 4.74 Å². The van der Waals surface area contributed by atoms with Crippen LogP contribution in [0, 0.1) is 0 Å². The number of methoxy groups -OCH3 is 1. The number of hydrogen-bond donors (Lipinski definition) is 0. The van der Waals surface area contributed by atoms with Crippen molar-refractivity contribution in [2.24, 2.45) is 0 Å². The number of pyridine rings is 2. The molecule has 0 bridgehead atoms. The maximum atomic E-state index is 5.83. The van der Waals surface area contributed by atoms with Gasteiger partial charge in [-0.15, -0.1) is 0 Å². The largest absolute Gasteiger partial charge is 0.494 e. The van der Waals surface area contributed by atoms with Crippen LogP contribution in [0.3, 0.4) is 0 Å². The Labute approximate surface area is 178 Å². The molecule has 30 heavy (non-hydrogen) atoms. The van der Waals surface area contributed by atoms with E-state index in [1.54, 1.807) is 13.3 Å². The van der Waals surface area contributed by atoms with Crippen LogP contribution in [0.15, 0.2) is 73.6 Å². The Kier molecular flexibility index (Phi) is 5.62. The molecule has 0 saturated heterocycles. The zero-order valence-electron chi connectivity index (χ0n) is 17.8. The Morgan fingerprint density at radius 2 is 1.93 bits per heavy atom. The van der Waals surface area contributed by atoms with Crippen molar-refractivity contribution in [3.63, 3.8) is 0 Å². The molecule has 0 amide bonds. The average molecular weight is 395 g/mol. The predicted molar refractivity (Wildman–Crippen MR) is 126 cm³/mol. The van der Waals surface area contributed by atoms with E-state index in [4.69, 9.17) is 9.72 Å². The molecule has 3 nitrogen and oxygen atoms in total. The van der Waals surface area contributed by atoms with Gasteiger partial charge in [0.05, 0.1) is 12.6 Å². The third-order valence-corrected chi connectivity index (χ3v) is 5.48. The molecular formula is C27H26N2O. The third-order valence-electron chi connectivity index (χ3n) is 5.48. The van der Waals surface area contributed by atoms with E-state index in [-0.39, 0.29) is 0 Å². The molecule has 1 aliphatic rings. The van der Waals surface area contributed by atoms with Crippen LogP contribution >= 0.6 is 0 Å². The zero-order chi connectivity index (χ0) is 21.1. The van der Waals surface area contributed by atoms with Crippen molar-refractivity contribution in [3.05, 3.63) is 96.0 Å². The summed E-state index contributed by atoms with van der Waals surface area (Å²) in [6, 6.07) is 10.8. The van der Waals surface area contributed by atoms with Crippen molar-refractivity contribution >= 4 is 27.6 Å². The molecule has 2 heterocycles. The standard InChI is InChI=1S/C27H26N2O/c1-5-19-9-11-21(12-10-19)20-7-6-8-22(14-13-20)26-27(30-4)25(18(2)3)23-17-28-16-15-24(23)29-26/h6,8-17H,2,5,7H2,1,3-4H3. The summed E-state index contributed by atoms with van der Waals surface area (Å²) in [6.45, 7) is 8.34. The minimum absolute atomic E-state index is 0.739. The van der Waals surface area contributed by atoms with E-state index in [0.29, 0.717) is 0 Å². The van der Waals surface area contributed by atoms with E-state index in [2.05, 4.69) is 67.1 Å². The van der Waals surface area contributed by atoms with Gasteiger partial charge in [-0.1, -0.05) is 62.1 Å². The van der Waals surface area contributed by atoms with Crippen molar-refractivity contribution in [1.82, 2.24) is 9.97 Å². The van der Waals surface area contributed by atoms with Crippen molar-refractivity contribution in [1.29, 1.82) is 0 Å². The zero-order valence-corrected chi connectivity index (χ0v) is 17.8. The average Bonchev–Trinajstić information content (AvgIpc) is 3.04. The fraction of sp³-hybridized carbons (Fsp3) is 0.185. The van der Waals surface area contributed by atoms with Gasteiger partial charge in [0.2, 0.25) is 0 Å². The number of hydrogen-bond acceptors (Lipinski definition) is 3. The quantitative estimate of drug-likeness (QED) is 0.485. The Hall–Kier alpha value is -3.46. The summed E-state index contributed by atoms with van der Waals surface area (Å²) in [6.07, 6.45) is 14.2. The lowest BCUT2D eigenvalue weighted by atomic mass is 9.99. The molecule has 0 N–H and O–H groups in total. The van der Waals surface area contributed by atoms with Crippen molar-refractivity contribution in [3.8, 4) is 5.75 Å². The highest BCUT2D eigenvalue weighted by molar-refractivity contribution is 5.97. The summed E-state index contributed by atoms with van der Waals surface area (Å²) < 4.78 is 5.83.